The summed E-state index contributed by atoms with van der Waals surface area (Å²) in [5.74, 6) is 0. The van der Waals surface area contributed by atoms with Crippen LogP contribution in [0.5, 0.6) is 0 Å². The molecule has 6 heteroatoms. The molecule has 6 heterocycles. The van der Waals surface area contributed by atoms with Gasteiger partial charge in [-0.05, 0) is 106 Å². The van der Waals surface area contributed by atoms with Crippen LogP contribution in [0.25, 0.3) is 111 Å². The van der Waals surface area contributed by atoms with E-state index in [0.29, 0.717) is 0 Å². The van der Waals surface area contributed by atoms with Crippen LogP contribution >= 0.6 is 0 Å². The Morgan fingerprint density at radius 1 is 0.304 bits per heavy atom. The van der Waals surface area contributed by atoms with Crippen molar-refractivity contribution >= 4 is 44.1 Å². The number of rotatable bonds is 6. The standard InChI is InChI=1S/C50H30N4O2/c1-3-23-51-43(11-1)37-9-5-7-33(27-37)35-17-19-45-41(29-35)47-49(55-45)39(21-25-53-47)31-13-15-32(16-14-31)40-22-26-54-48-42-30-36(18-20-46(42)56-50(40)48)34-8-6-10-38(28-34)44-12-2-4-24-52-44/h1-30H. The SMILES string of the molecule is c1ccc(-c2cccc(-c3ccc4oc5c(-c6ccc(-c7ccnc8c7oc7ccc(-c9cccc(-c%10ccccn%10)c9)cc78)cc6)ccnc5c4c3)c2)nc1. The van der Waals surface area contributed by atoms with E-state index < -0.39 is 0 Å². The minimum atomic E-state index is 0.764. The summed E-state index contributed by atoms with van der Waals surface area (Å²) in [6.07, 6.45) is 7.36. The third kappa shape index (κ3) is 5.43. The van der Waals surface area contributed by atoms with Crippen LogP contribution < -0.4 is 0 Å². The molecule has 262 valence electrons. The highest BCUT2D eigenvalue weighted by molar-refractivity contribution is 6.10. The summed E-state index contributed by atoms with van der Waals surface area (Å²) in [5, 5.41) is 1.96. The molecule has 6 nitrogen and oxygen atoms in total. The maximum Gasteiger partial charge on any atom is 0.161 e. The predicted molar refractivity (Wildman–Crippen MR) is 225 cm³/mol. The van der Waals surface area contributed by atoms with Crippen LogP contribution in [-0.2, 0) is 0 Å². The molecule has 6 aromatic heterocycles. The number of benzene rings is 5. The molecule has 56 heavy (non-hydrogen) atoms. The van der Waals surface area contributed by atoms with E-state index in [4.69, 9.17) is 18.8 Å². The predicted octanol–water partition coefficient (Wildman–Crippen LogP) is 13.1. The van der Waals surface area contributed by atoms with E-state index in [1.165, 1.54) is 0 Å². The zero-order valence-corrected chi connectivity index (χ0v) is 29.9. The minimum Gasteiger partial charge on any atom is -0.454 e. The van der Waals surface area contributed by atoms with Gasteiger partial charge in [0.05, 0.1) is 11.4 Å². The first-order chi connectivity index (χ1) is 27.7. The first kappa shape index (κ1) is 31.8. The molecular formula is C50H30N4O2. The summed E-state index contributed by atoms with van der Waals surface area (Å²) >= 11 is 0. The van der Waals surface area contributed by atoms with Gasteiger partial charge in [0.25, 0.3) is 0 Å². The summed E-state index contributed by atoms with van der Waals surface area (Å²) in [7, 11) is 0. The smallest absolute Gasteiger partial charge is 0.161 e. The molecule has 11 aromatic rings. The Labute approximate surface area is 321 Å². The van der Waals surface area contributed by atoms with E-state index in [1.54, 1.807) is 0 Å². The van der Waals surface area contributed by atoms with Gasteiger partial charge in [-0.2, -0.15) is 0 Å². The molecule has 0 aliphatic rings. The van der Waals surface area contributed by atoms with Gasteiger partial charge in [0.2, 0.25) is 0 Å². The number of hydrogen-bond acceptors (Lipinski definition) is 6. The molecule has 0 spiro atoms. The van der Waals surface area contributed by atoms with E-state index in [0.717, 1.165) is 111 Å². The molecule has 0 saturated carbocycles. The normalized spacial score (nSPS) is 11.6. The zero-order valence-electron chi connectivity index (χ0n) is 29.9. The number of fused-ring (bicyclic) bond motifs is 6. The van der Waals surface area contributed by atoms with E-state index in [1.807, 2.05) is 85.5 Å². The van der Waals surface area contributed by atoms with Crippen LogP contribution in [-0.4, -0.2) is 19.9 Å². The quantitative estimate of drug-likeness (QED) is 0.170. The van der Waals surface area contributed by atoms with Gasteiger partial charge in [-0.3, -0.25) is 19.9 Å². The fourth-order valence-corrected chi connectivity index (χ4v) is 7.74. The molecule has 0 fully saturated rings. The van der Waals surface area contributed by atoms with Crippen molar-refractivity contribution in [3.63, 3.8) is 0 Å². The maximum atomic E-state index is 6.50. The zero-order chi connectivity index (χ0) is 37.0. The topological polar surface area (TPSA) is 77.8 Å². The number of aromatic nitrogens is 4. The Bertz CT molecular complexity index is 3020. The van der Waals surface area contributed by atoms with Crippen LogP contribution in [0, 0.1) is 0 Å². The lowest BCUT2D eigenvalue weighted by atomic mass is 9.98. The highest BCUT2D eigenvalue weighted by Crippen LogP contribution is 2.40. The van der Waals surface area contributed by atoms with Gasteiger partial charge in [-0.15, -0.1) is 0 Å². The summed E-state index contributed by atoms with van der Waals surface area (Å²) in [6.45, 7) is 0. The van der Waals surface area contributed by atoms with Crippen molar-refractivity contribution in [2.45, 2.75) is 0 Å². The fourth-order valence-electron chi connectivity index (χ4n) is 7.74. The Kier molecular flexibility index (Phi) is 7.38. The number of furan rings is 2. The van der Waals surface area contributed by atoms with Crippen molar-refractivity contribution in [3.8, 4) is 67.0 Å². The highest BCUT2D eigenvalue weighted by atomic mass is 16.3. The first-order valence-corrected chi connectivity index (χ1v) is 18.5. The molecule has 0 aliphatic carbocycles. The second-order valence-corrected chi connectivity index (χ2v) is 13.9. The lowest BCUT2D eigenvalue weighted by molar-refractivity contribution is 0.669. The highest BCUT2D eigenvalue weighted by Gasteiger charge is 2.17. The van der Waals surface area contributed by atoms with Crippen LogP contribution in [0.3, 0.4) is 0 Å². The first-order valence-electron chi connectivity index (χ1n) is 18.5. The number of pyridine rings is 4. The Morgan fingerprint density at radius 3 is 1.18 bits per heavy atom. The van der Waals surface area contributed by atoms with Crippen molar-refractivity contribution in [1.82, 2.24) is 19.9 Å². The summed E-state index contributed by atoms with van der Waals surface area (Å²) in [5.41, 5.74) is 17.3. The van der Waals surface area contributed by atoms with Gasteiger partial charge in [0, 0.05) is 57.8 Å². The Balaban J connectivity index is 0.927. The molecule has 0 amide bonds. The largest absolute Gasteiger partial charge is 0.454 e. The molecule has 0 unspecified atom stereocenters. The van der Waals surface area contributed by atoms with Crippen LogP contribution in [0.2, 0.25) is 0 Å². The molecular weight excluding hydrogens is 689 g/mol. The lowest BCUT2D eigenvalue weighted by Crippen LogP contribution is -1.85. The van der Waals surface area contributed by atoms with Gasteiger partial charge in [0.1, 0.15) is 22.2 Å². The van der Waals surface area contributed by atoms with Crippen molar-refractivity contribution < 1.29 is 8.83 Å². The monoisotopic (exact) mass is 718 g/mol. The van der Waals surface area contributed by atoms with Crippen molar-refractivity contribution in [3.05, 3.63) is 183 Å². The third-order valence-electron chi connectivity index (χ3n) is 10.5. The molecule has 0 bridgehead atoms. The second kappa shape index (κ2) is 13.0. The average molecular weight is 719 g/mol. The third-order valence-corrected chi connectivity index (χ3v) is 10.5. The molecule has 0 saturated heterocycles. The van der Waals surface area contributed by atoms with Gasteiger partial charge in [0.15, 0.2) is 11.2 Å². The molecule has 0 N–H and O–H groups in total. The second-order valence-electron chi connectivity index (χ2n) is 13.9. The lowest BCUT2D eigenvalue weighted by Gasteiger charge is -2.06. The van der Waals surface area contributed by atoms with Gasteiger partial charge in [-0.1, -0.05) is 84.9 Å². The van der Waals surface area contributed by atoms with Gasteiger partial charge >= 0.3 is 0 Å². The number of hydrogen-bond donors (Lipinski definition) is 0. The molecule has 0 aliphatic heterocycles. The molecule has 0 atom stereocenters. The molecule has 5 aromatic carbocycles. The van der Waals surface area contributed by atoms with E-state index in [9.17, 15) is 0 Å². The fraction of sp³-hybridized carbons (Fsp3) is 0. The number of nitrogens with zero attached hydrogens (tertiary/aromatic N) is 4. The van der Waals surface area contributed by atoms with E-state index in [-0.39, 0.29) is 0 Å². The van der Waals surface area contributed by atoms with E-state index >= 15 is 0 Å². The van der Waals surface area contributed by atoms with Gasteiger partial charge in [-0.25, -0.2) is 0 Å². The van der Waals surface area contributed by atoms with Gasteiger partial charge < -0.3 is 8.83 Å². The van der Waals surface area contributed by atoms with Crippen molar-refractivity contribution in [2.75, 3.05) is 0 Å². The van der Waals surface area contributed by atoms with Crippen LogP contribution in [0.4, 0.5) is 0 Å². The summed E-state index contributed by atoms with van der Waals surface area (Å²) < 4.78 is 13.0. The van der Waals surface area contributed by atoms with Crippen molar-refractivity contribution in [1.29, 1.82) is 0 Å². The van der Waals surface area contributed by atoms with E-state index in [2.05, 4.69) is 107 Å². The average Bonchev–Trinajstić information content (AvgIpc) is 3.85. The molecule has 11 rings (SSSR count). The summed E-state index contributed by atoms with van der Waals surface area (Å²) in [4.78, 5) is 18.7. The summed E-state index contributed by atoms with van der Waals surface area (Å²) in [6, 6.07) is 54.1. The Morgan fingerprint density at radius 2 is 0.732 bits per heavy atom. The maximum absolute atomic E-state index is 6.50. The van der Waals surface area contributed by atoms with Crippen molar-refractivity contribution in [2.24, 2.45) is 0 Å². The van der Waals surface area contributed by atoms with Crippen LogP contribution in [0.15, 0.2) is 191 Å². The minimum absolute atomic E-state index is 0.764. The molecule has 0 radical (unpaired) electrons. The van der Waals surface area contributed by atoms with Crippen LogP contribution in [0.1, 0.15) is 0 Å². The Hall–Kier alpha value is -7.70.